The Morgan fingerprint density at radius 1 is 1.10 bits per heavy atom. The first-order chi connectivity index (χ1) is 14.5. The first kappa shape index (κ1) is 19.2. The summed E-state index contributed by atoms with van der Waals surface area (Å²) in [7, 11) is 3.00. The Morgan fingerprint density at radius 3 is 2.53 bits per heavy atom. The van der Waals surface area contributed by atoms with Gasteiger partial charge in [0, 0.05) is 18.0 Å². The van der Waals surface area contributed by atoms with E-state index in [0.717, 1.165) is 0 Å². The summed E-state index contributed by atoms with van der Waals surface area (Å²) >= 11 is 0. The molecule has 152 valence electrons. The van der Waals surface area contributed by atoms with Gasteiger partial charge in [-0.1, -0.05) is 0 Å². The predicted octanol–water partition coefficient (Wildman–Crippen LogP) is 3.78. The molecule has 9 nitrogen and oxygen atoms in total. The van der Waals surface area contributed by atoms with E-state index in [4.69, 9.17) is 9.47 Å². The molecule has 1 aromatic heterocycles. The second-order valence-corrected chi connectivity index (χ2v) is 6.50. The quantitative estimate of drug-likeness (QED) is 0.490. The number of benzene rings is 2. The largest absolute Gasteiger partial charge is 0.497 e. The van der Waals surface area contributed by atoms with Crippen LogP contribution in [-0.4, -0.2) is 30.0 Å². The van der Waals surface area contributed by atoms with Crippen LogP contribution >= 0.6 is 0 Å². The number of nitrogens with zero attached hydrogens (tertiary/aromatic N) is 3. The van der Waals surface area contributed by atoms with Crippen molar-refractivity contribution < 1.29 is 19.2 Å². The molecular formula is C21H18N4O5. The minimum atomic E-state index is -0.627. The van der Waals surface area contributed by atoms with E-state index in [-0.39, 0.29) is 17.3 Å². The minimum absolute atomic E-state index is 0.0922. The van der Waals surface area contributed by atoms with Crippen LogP contribution < -0.4 is 19.7 Å². The van der Waals surface area contributed by atoms with E-state index in [2.05, 4.69) is 10.3 Å². The molecule has 4 rings (SSSR count). The Labute approximate surface area is 172 Å². The highest BCUT2D eigenvalue weighted by atomic mass is 16.6. The summed E-state index contributed by atoms with van der Waals surface area (Å²) in [5.41, 5.74) is 2.09. The normalized spacial score (nSPS) is 14.9. The fourth-order valence-corrected chi connectivity index (χ4v) is 3.39. The van der Waals surface area contributed by atoms with Gasteiger partial charge in [0.2, 0.25) is 0 Å². The number of methoxy groups -OCH3 is 2. The predicted molar refractivity (Wildman–Crippen MR) is 110 cm³/mol. The number of hydrogen-bond donors (Lipinski definition) is 1. The van der Waals surface area contributed by atoms with Crippen LogP contribution in [0.5, 0.6) is 11.5 Å². The lowest BCUT2D eigenvalue weighted by Crippen LogP contribution is -2.32. The number of ether oxygens (including phenoxy) is 2. The van der Waals surface area contributed by atoms with Crippen molar-refractivity contribution in [1.82, 2.24) is 4.98 Å². The molecule has 1 N–H and O–H groups in total. The van der Waals surface area contributed by atoms with Crippen LogP contribution in [0.3, 0.4) is 0 Å². The summed E-state index contributed by atoms with van der Waals surface area (Å²) in [5, 5.41) is 14.3. The fraction of sp³-hybridized carbons (Fsp3) is 0.143. The molecule has 0 aliphatic carbocycles. The molecular weight excluding hydrogens is 388 g/mol. The molecule has 3 aromatic rings. The number of hydrogen-bond acceptors (Lipinski definition) is 7. The van der Waals surface area contributed by atoms with E-state index in [1.165, 1.54) is 19.2 Å². The molecule has 2 aromatic carbocycles. The van der Waals surface area contributed by atoms with E-state index in [1.54, 1.807) is 60.7 Å². The maximum absolute atomic E-state index is 13.1. The Hall–Kier alpha value is -4.14. The summed E-state index contributed by atoms with van der Waals surface area (Å²) in [4.78, 5) is 29.7. The van der Waals surface area contributed by atoms with Gasteiger partial charge in [0.15, 0.2) is 6.17 Å². The number of pyridine rings is 1. The number of nitro benzene ring substituents is 1. The van der Waals surface area contributed by atoms with Crippen molar-refractivity contribution in [2.75, 3.05) is 24.4 Å². The van der Waals surface area contributed by atoms with Crippen molar-refractivity contribution in [2.45, 2.75) is 6.17 Å². The highest BCUT2D eigenvalue weighted by Gasteiger charge is 2.39. The lowest BCUT2D eigenvalue weighted by Gasteiger charge is -2.27. The van der Waals surface area contributed by atoms with Gasteiger partial charge < -0.3 is 14.8 Å². The number of non-ortho nitro benzene ring substituents is 1. The van der Waals surface area contributed by atoms with Gasteiger partial charge in [-0.05, 0) is 42.5 Å². The van der Waals surface area contributed by atoms with Gasteiger partial charge >= 0.3 is 0 Å². The van der Waals surface area contributed by atoms with Crippen molar-refractivity contribution in [1.29, 1.82) is 0 Å². The Bertz CT molecular complexity index is 1120. The molecule has 0 unspecified atom stereocenters. The van der Waals surface area contributed by atoms with Crippen molar-refractivity contribution in [3.05, 3.63) is 82.2 Å². The lowest BCUT2D eigenvalue weighted by atomic mass is 10.2. The van der Waals surface area contributed by atoms with Crippen LogP contribution in [0.15, 0.2) is 60.8 Å². The van der Waals surface area contributed by atoms with Crippen molar-refractivity contribution in [3.63, 3.8) is 0 Å². The topological polar surface area (TPSA) is 107 Å². The number of aromatic nitrogens is 1. The van der Waals surface area contributed by atoms with Crippen LogP contribution in [0.25, 0.3) is 0 Å². The van der Waals surface area contributed by atoms with Gasteiger partial charge in [0.25, 0.3) is 11.6 Å². The van der Waals surface area contributed by atoms with E-state index in [0.29, 0.717) is 28.4 Å². The fourth-order valence-electron chi connectivity index (χ4n) is 3.39. The highest BCUT2D eigenvalue weighted by molar-refractivity contribution is 6.11. The number of anilines is 2. The number of amides is 1. The average Bonchev–Trinajstić information content (AvgIpc) is 3.05. The zero-order chi connectivity index (χ0) is 21.3. The monoisotopic (exact) mass is 406 g/mol. The molecule has 30 heavy (non-hydrogen) atoms. The van der Waals surface area contributed by atoms with E-state index in [9.17, 15) is 14.9 Å². The van der Waals surface area contributed by atoms with Gasteiger partial charge in [0.1, 0.15) is 11.5 Å². The third kappa shape index (κ3) is 3.26. The number of carbonyl (C=O) groups excluding carboxylic acids is 1. The molecule has 1 aliphatic rings. The van der Waals surface area contributed by atoms with Crippen LogP contribution in [0.2, 0.25) is 0 Å². The zero-order valence-corrected chi connectivity index (χ0v) is 16.2. The summed E-state index contributed by atoms with van der Waals surface area (Å²) in [6.45, 7) is 0. The first-order valence-corrected chi connectivity index (χ1v) is 9.05. The highest BCUT2D eigenvalue weighted by Crippen LogP contribution is 2.39. The van der Waals surface area contributed by atoms with Crippen LogP contribution in [0.4, 0.5) is 17.1 Å². The molecule has 1 atom stereocenters. The maximum atomic E-state index is 13.1. The van der Waals surface area contributed by atoms with Gasteiger partial charge in [0.05, 0.1) is 42.2 Å². The number of fused-ring (bicyclic) bond motifs is 1. The van der Waals surface area contributed by atoms with Crippen molar-refractivity contribution in [3.8, 4) is 11.5 Å². The second kappa shape index (κ2) is 7.70. The van der Waals surface area contributed by atoms with Gasteiger partial charge in [-0.3, -0.25) is 24.8 Å². The summed E-state index contributed by atoms with van der Waals surface area (Å²) in [6.07, 6.45) is 0.989. The zero-order valence-electron chi connectivity index (χ0n) is 16.2. The first-order valence-electron chi connectivity index (χ1n) is 9.05. The number of carbonyl (C=O) groups is 1. The molecule has 1 amide bonds. The third-order valence-corrected chi connectivity index (χ3v) is 4.84. The second-order valence-electron chi connectivity index (χ2n) is 6.50. The smallest absolute Gasteiger partial charge is 0.273 e. The van der Waals surface area contributed by atoms with E-state index < -0.39 is 11.1 Å². The Morgan fingerprint density at radius 2 is 1.87 bits per heavy atom. The van der Waals surface area contributed by atoms with Gasteiger partial charge in [-0.25, -0.2) is 0 Å². The van der Waals surface area contributed by atoms with Crippen molar-refractivity contribution >= 4 is 23.0 Å². The third-order valence-electron chi connectivity index (χ3n) is 4.84. The van der Waals surface area contributed by atoms with Crippen LogP contribution in [-0.2, 0) is 0 Å². The average molecular weight is 406 g/mol. The van der Waals surface area contributed by atoms with Gasteiger partial charge in [-0.15, -0.1) is 0 Å². The summed E-state index contributed by atoms with van der Waals surface area (Å²) in [5.74, 6) is 0.750. The number of nitro groups is 1. The molecule has 0 saturated carbocycles. The molecule has 0 spiro atoms. The standard InChI is InChI=1S/C21H18N4O5/c1-29-15-8-5-13(6-9-15)24-20(19-16(21(24)26)4-3-11-22-19)23-17-10-7-14(25(27)28)12-18(17)30-2/h3-12,20,23H,1-2H3/t20-/m1/s1. The summed E-state index contributed by atoms with van der Waals surface area (Å²) in [6, 6.07) is 14.8. The van der Waals surface area contributed by atoms with Crippen LogP contribution in [0.1, 0.15) is 22.2 Å². The molecule has 0 bridgehead atoms. The van der Waals surface area contributed by atoms with Gasteiger partial charge in [-0.2, -0.15) is 0 Å². The molecule has 0 radical (unpaired) electrons. The maximum Gasteiger partial charge on any atom is 0.273 e. The molecule has 0 fully saturated rings. The number of rotatable bonds is 6. The molecule has 0 saturated heterocycles. The number of nitrogens with one attached hydrogen (secondary N) is 1. The van der Waals surface area contributed by atoms with Crippen LogP contribution in [0, 0.1) is 10.1 Å². The SMILES string of the molecule is COc1ccc(N2C(=O)c3cccnc3[C@@H]2Nc2ccc([N+](=O)[O-])cc2OC)cc1. The Kier molecular flexibility index (Phi) is 4.93. The lowest BCUT2D eigenvalue weighted by molar-refractivity contribution is -0.384. The minimum Gasteiger partial charge on any atom is -0.497 e. The Balaban J connectivity index is 1.76. The van der Waals surface area contributed by atoms with E-state index in [1.807, 2.05) is 0 Å². The van der Waals surface area contributed by atoms with E-state index >= 15 is 0 Å². The molecule has 1 aliphatic heterocycles. The molecule has 9 heteroatoms. The molecule has 2 heterocycles. The van der Waals surface area contributed by atoms with Crippen molar-refractivity contribution in [2.24, 2.45) is 0 Å². The summed E-state index contributed by atoms with van der Waals surface area (Å²) < 4.78 is 10.5.